The number of aromatic nitrogens is 1. The molecule has 2 rings (SSSR count). The monoisotopic (exact) mass is 312 g/mol. The molecule has 1 aromatic carbocycles. The van der Waals surface area contributed by atoms with E-state index in [4.69, 9.17) is 16.3 Å². The third-order valence-corrected chi connectivity index (χ3v) is 2.92. The predicted molar refractivity (Wildman–Crippen MR) is 73.2 cm³/mol. The molecule has 0 amide bonds. The van der Waals surface area contributed by atoms with Crippen molar-refractivity contribution in [2.75, 3.05) is 12.4 Å². The van der Waals surface area contributed by atoms with Crippen molar-refractivity contribution in [2.45, 2.75) is 0 Å². The van der Waals surface area contributed by atoms with Crippen LogP contribution in [-0.2, 0) is 0 Å². The molecule has 1 aromatic heterocycles. The number of hydrogen-bond acceptors (Lipinski definition) is 3. The van der Waals surface area contributed by atoms with Crippen molar-refractivity contribution in [2.24, 2.45) is 0 Å². The van der Waals surface area contributed by atoms with Gasteiger partial charge in [-0.05, 0) is 40.2 Å². The van der Waals surface area contributed by atoms with Crippen molar-refractivity contribution in [3.63, 3.8) is 0 Å². The number of anilines is 2. The molecule has 0 aliphatic heterocycles. The van der Waals surface area contributed by atoms with E-state index in [1.54, 1.807) is 13.2 Å². The van der Waals surface area contributed by atoms with Gasteiger partial charge in [-0.3, -0.25) is 0 Å². The maximum Gasteiger partial charge on any atom is 0.131 e. The minimum atomic E-state index is 0.618. The van der Waals surface area contributed by atoms with E-state index in [1.807, 2.05) is 30.3 Å². The van der Waals surface area contributed by atoms with Crippen LogP contribution < -0.4 is 10.1 Å². The summed E-state index contributed by atoms with van der Waals surface area (Å²) in [6.07, 6.45) is 0. The number of nitrogens with one attached hydrogen (secondary N) is 1. The zero-order valence-electron chi connectivity index (χ0n) is 9.08. The van der Waals surface area contributed by atoms with Crippen LogP contribution in [0.25, 0.3) is 0 Å². The van der Waals surface area contributed by atoms with Gasteiger partial charge in [0.2, 0.25) is 0 Å². The van der Waals surface area contributed by atoms with Crippen LogP contribution in [0.1, 0.15) is 0 Å². The number of nitrogens with zero attached hydrogens (tertiary/aromatic N) is 1. The predicted octanol–water partition coefficient (Wildman–Crippen LogP) is 4.25. The smallest absolute Gasteiger partial charge is 0.131 e. The summed E-state index contributed by atoms with van der Waals surface area (Å²) >= 11 is 9.40. The van der Waals surface area contributed by atoms with Crippen molar-refractivity contribution >= 4 is 39.0 Å². The first-order valence-electron chi connectivity index (χ1n) is 4.92. The van der Waals surface area contributed by atoms with Crippen LogP contribution in [0.15, 0.2) is 41.0 Å². The molecule has 0 aliphatic rings. The summed E-state index contributed by atoms with van der Waals surface area (Å²) in [5, 5.41) is 3.75. The van der Waals surface area contributed by atoms with Gasteiger partial charge >= 0.3 is 0 Å². The first kappa shape index (κ1) is 12.2. The van der Waals surface area contributed by atoms with Crippen LogP contribution in [0, 0.1) is 0 Å². The van der Waals surface area contributed by atoms with E-state index in [2.05, 4.69) is 26.2 Å². The van der Waals surface area contributed by atoms with Gasteiger partial charge < -0.3 is 10.1 Å². The standard InChI is InChI=1S/C12H10BrClN2O/c1-17-8-5-6-9(14)10(7-8)15-12-4-2-3-11(13)16-12/h2-7H,1H3,(H,15,16). The summed E-state index contributed by atoms with van der Waals surface area (Å²) < 4.78 is 5.91. The van der Waals surface area contributed by atoms with Crippen molar-refractivity contribution in [3.8, 4) is 5.75 Å². The van der Waals surface area contributed by atoms with Crippen molar-refractivity contribution in [1.82, 2.24) is 4.98 Å². The van der Waals surface area contributed by atoms with E-state index in [0.29, 0.717) is 5.02 Å². The molecule has 1 heterocycles. The number of methoxy groups -OCH3 is 1. The quantitative estimate of drug-likeness (QED) is 0.860. The fraction of sp³-hybridized carbons (Fsp3) is 0.0833. The van der Waals surface area contributed by atoms with Crippen LogP contribution >= 0.6 is 27.5 Å². The highest BCUT2D eigenvalue weighted by Gasteiger charge is 2.03. The fourth-order valence-corrected chi connectivity index (χ4v) is 1.85. The molecule has 1 N–H and O–H groups in total. The third kappa shape index (κ3) is 3.11. The molecule has 0 saturated carbocycles. The Kier molecular flexibility index (Phi) is 3.86. The molecule has 0 spiro atoms. The number of halogens is 2. The molecule has 0 bridgehead atoms. The van der Waals surface area contributed by atoms with Gasteiger partial charge in [-0.1, -0.05) is 17.7 Å². The van der Waals surface area contributed by atoms with Crippen LogP contribution in [-0.4, -0.2) is 12.1 Å². The maximum atomic E-state index is 6.09. The molecular formula is C12H10BrClN2O. The van der Waals surface area contributed by atoms with Gasteiger partial charge in [-0.15, -0.1) is 0 Å². The summed E-state index contributed by atoms with van der Waals surface area (Å²) in [4.78, 5) is 4.27. The zero-order valence-corrected chi connectivity index (χ0v) is 11.4. The largest absolute Gasteiger partial charge is 0.497 e. The Morgan fingerprint density at radius 1 is 1.29 bits per heavy atom. The Labute approximate surface area is 113 Å². The average molecular weight is 314 g/mol. The summed E-state index contributed by atoms with van der Waals surface area (Å²) in [5.41, 5.74) is 0.761. The van der Waals surface area contributed by atoms with Crippen LogP contribution in [0.5, 0.6) is 5.75 Å². The molecule has 17 heavy (non-hydrogen) atoms. The topological polar surface area (TPSA) is 34.1 Å². The number of benzene rings is 1. The van der Waals surface area contributed by atoms with Gasteiger partial charge in [0, 0.05) is 6.07 Å². The van der Waals surface area contributed by atoms with Crippen molar-refractivity contribution < 1.29 is 4.74 Å². The molecule has 5 heteroatoms. The number of rotatable bonds is 3. The second-order valence-electron chi connectivity index (χ2n) is 3.32. The second-order valence-corrected chi connectivity index (χ2v) is 4.54. The van der Waals surface area contributed by atoms with E-state index in [9.17, 15) is 0 Å². The van der Waals surface area contributed by atoms with Crippen LogP contribution in [0.4, 0.5) is 11.5 Å². The highest BCUT2D eigenvalue weighted by molar-refractivity contribution is 9.10. The van der Waals surface area contributed by atoms with Gasteiger partial charge in [0.15, 0.2) is 0 Å². The molecule has 2 aromatic rings. The lowest BCUT2D eigenvalue weighted by atomic mass is 10.3. The molecular weight excluding hydrogens is 304 g/mol. The van der Waals surface area contributed by atoms with Crippen molar-refractivity contribution in [1.29, 1.82) is 0 Å². The normalized spacial score (nSPS) is 10.1. The van der Waals surface area contributed by atoms with Gasteiger partial charge in [-0.2, -0.15) is 0 Å². The number of hydrogen-bond donors (Lipinski definition) is 1. The lowest BCUT2D eigenvalue weighted by molar-refractivity contribution is 0.415. The minimum Gasteiger partial charge on any atom is -0.497 e. The summed E-state index contributed by atoms with van der Waals surface area (Å²) in [7, 11) is 1.62. The van der Waals surface area contributed by atoms with Gasteiger partial charge in [-0.25, -0.2) is 4.98 Å². The Morgan fingerprint density at radius 2 is 2.12 bits per heavy atom. The molecule has 88 valence electrons. The highest BCUT2D eigenvalue weighted by atomic mass is 79.9. The molecule has 0 radical (unpaired) electrons. The molecule has 0 atom stereocenters. The lowest BCUT2D eigenvalue weighted by Crippen LogP contribution is -1.95. The summed E-state index contributed by atoms with van der Waals surface area (Å²) in [6.45, 7) is 0. The molecule has 0 saturated heterocycles. The first-order valence-corrected chi connectivity index (χ1v) is 6.09. The highest BCUT2D eigenvalue weighted by Crippen LogP contribution is 2.29. The second kappa shape index (κ2) is 5.38. The lowest BCUT2D eigenvalue weighted by Gasteiger charge is -2.09. The molecule has 0 fully saturated rings. The third-order valence-electron chi connectivity index (χ3n) is 2.15. The van der Waals surface area contributed by atoms with Gasteiger partial charge in [0.25, 0.3) is 0 Å². The van der Waals surface area contributed by atoms with E-state index in [1.165, 1.54) is 0 Å². The van der Waals surface area contributed by atoms with Crippen molar-refractivity contribution in [3.05, 3.63) is 46.0 Å². The Hall–Kier alpha value is -1.26. The van der Waals surface area contributed by atoms with Gasteiger partial charge in [0.05, 0.1) is 17.8 Å². The van der Waals surface area contributed by atoms with E-state index < -0.39 is 0 Å². The molecule has 0 unspecified atom stereocenters. The fourth-order valence-electron chi connectivity index (χ4n) is 1.34. The number of pyridine rings is 1. The van der Waals surface area contributed by atoms with E-state index in [-0.39, 0.29) is 0 Å². The Morgan fingerprint density at radius 3 is 2.82 bits per heavy atom. The Balaban J connectivity index is 2.29. The minimum absolute atomic E-state index is 0.618. The van der Waals surface area contributed by atoms with E-state index >= 15 is 0 Å². The van der Waals surface area contributed by atoms with Crippen LogP contribution in [0.3, 0.4) is 0 Å². The SMILES string of the molecule is COc1ccc(Cl)c(Nc2cccc(Br)n2)c1. The molecule has 3 nitrogen and oxygen atoms in total. The zero-order chi connectivity index (χ0) is 12.3. The van der Waals surface area contributed by atoms with Crippen LogP contribution in [0.2, 0.25) is 5.02 Å². The molecule has 0 aliphatic carbocycles. The summed E-state index contributed by atoms with van der Waals surface area (Å²) in [6, 6.07) is 11.0. The van der Waals surface area contributed by atoms with Gasteiger partial charge in [0.1, 0.15) is 16.2 Å². The average Bonchev–Trinajstić information content (AvgIpc) is 2.32. The summed E-state index contributed by atoms with van der Waals surface area (Å²) in [5.74, 6) is 1.46. The number of ether oxygens (including phenoxy) is 1. The van der Waals surface area contributed by atoms with E-state index in [0.717, 1.165) is 21.9 Å². The first-order chi connectivity index (χ1) is 8.19. The maximum absolute atomic E-state index is 6.09. The Bertz CT molecular complexity index is 534.